The molecule has 0 radical (unpaired) electrons. The van der Waals surface area contributed by atoms with E-state index in [1.165, 1.54) is 37.9 Å². The van der Waals surface area contributed by atoms with Gasteiger partial charge < -0.3 is 10.2 Å². The highest BCUT2D eigenvalue weighted by atomic mass is 16.1. The Morgan fingerprint density at radius 3 is 2.50 bits per heavy atom. The number of likely N-dealkylation sites (tertiary alicyclic amines) is 1. The van der Waals surface area contributed by atoms with Crippen molar-refractivity contribution in [1.29, 1.82) is 0 Å². The molecule has 0 aliphatic carbocycles. The van der Waals surface area contributed by atoms with Crippen molar-refractivity contribution >= 4 is 5.91 Å². The third kappa shape index (κ3) is 3.84. The predicted molar refractivity (Wildman–Crippen MR) is 72.9 cm³/mol. The Balaban J connectivity index is 1.72. The lowest BCUT2D eigenvalue weighted by atomic mass is 10.1. The first kappa shape index (κ1) is 13.1. The van der Waals surface area contributed by atoms with Crippen LogP contribution >= 0.6 is 0 Å². The van der Waals surface area contributed by atoms with E-state index in [1.807, 2.05) is 31.2 Å². The summed E-state index contributed by atoms with van der Waals surface area (Å²) in [5, 5.41) is 3.01. The van der Waals surface area contributed by atoms with Crippen LogP contribution in [0.3, 0.4) is 0 Å². The van der Waals surface area contributed by atoms with E-state index in [1.54, 1.807) is 4.90 Å². The van der Waals surface area contributed by atoms with Gasteiger partial charge in [0.15, 0.2) is 0 Å². The van der Waals surface area contributed by atoms with Gasteiger partial charge in [-0.2, -0.15) is 0 Å². The van der Waals surface area contributed by atoms with Gasteiger partial charge in [0, 0.05) is 5.56 Å². The molecule has 2 rings (SSSR count). The highest BCUT2D eigenvalue weighted by Crippen LogP contribution is 2.02. The molecule has 1 aliphatic rings. The van der Waals surface area contributed by atoms with Crippen molar-refractivity contribution in [3.63, 3.8) is 0 Å². The second kappa shape index (κ2) is 6.55. The third-order valence-electron chi connectivity index (χ3n) is 3.64. The molecule has 1 heterocycles. The number of nitrogens with one attached hydrogen (secondary N) is 2. The van der Waals surface area contributed by atoms with Crippen LogP contribution in [0.1, 0.15) is 35.2 Å². The summed E-state index contributed by atoms with van der Waals surface area (Å²) in [5.41, 5.74) is 1.94. The van der Waals surface area contributed by atoms with Crippen molar-refractivity contribution in [2.45, 2.75) is 26.2 Å². The third-order valence-corrected chi connectivity index (χ3v) is 3.64. The summed E-state index contributed by atoms with van der Waals surface area (Å²) in [6.45, 7) is 6.39. The Morgan fingerprint density at radius 1 is 1.17 bits per heavy atom. The van der Waals surface area contributed by atoms with Crippen LogP contribution in [0.15, 0.2) is 24.3 Å². The fourth-order valence-electron chi connectivity index (χ4n) is 2.46. The first-order valence-electron chi connectivity index (χ1n) is 6.94. The lowest BCUT2D eigenvalue weighted by molar-refractivity contribution is -0.903. The molecule has 0 saturated carbocycles. The van der Waals surface area contributed by atoms with E-state index in [-0.39, 0.29) is 5.91 Å². The number of carbonyl (C=O) groups is 1. The molecule has 1 fully saturated rings. The van der Waals surface area contributed by atoms with Crippen LogP contribution in [-0.2, 0) is 0 Å². The largest absolute Gasteiger partial charge is 0.346 e. The molecule has 1 aromatic carbocycles. The number of aryl methyl sites for hydroxylation is 1. The summed E-state index contributed by atoms with van der Waals surface area (Å²) in [6.07, 6.45) is 4.04. The fourth-order valence-corrected chi connectivity index (χ4v) is 2.46. The van der Waals surface area contributed by atoms with Crippen LogP contribution in [0.2, 0.25) is 0 Å². The Hall–Kier alpha value is -1.35. The topological polar surface area (TPSA) is 33.5 Å². The highest BCUT2D eigenvalue weighted by molar-refractivity contribution is 5.94. The monoisotopic (exact) mass is 247 g/mol. The molecule has 1 aromatic rings. The summed E-state index contributed by atoms with van der Waals surface area (Å²) in [6, 6.07) is 7.73. The molecule has 0 atom stereocenters. The van der Waals surface area contributed by atoms with Crippen LogP contribution in [0.5, 0.6) is 0 Å². The Labute approximate surface area is 109 Å². The molecule has 3 heteroatoms. The van der Waals surface area contributed by atoms with Gasteiger partial charge in [0.2, 0.25) is 0 Å². The summed E-state index contributed by atoms with van der Waals surface area (Å²) >= 11 is 0. The zero-order chi connectivity index (χ0) is 12.8. The summed E-state index contributed by atoms with van der Waals surface area (Å²) in [7, 11) is 0. The molecule has 3 nitrogen and oxygen atoms in total. The lowest BCUT2D eigenvalue weighted by Crippen LogP contribution is -3.13. The minimum atomic E-state index is 0.0476. The first-order valence-corrected chi connectivity index (χ1v) is 6.94. The van der Waals surface area contributed by atoms with Crippen LogP contribution in [0.25, 0.3) is 0 Å². The first-order chi connectivity index (χ1) is 8.75. The van der Waals surface area contributed by atoms with Crippen molar-refractivity contribution in [3.8, 4) is 0 Å². The summed E-state index contributed by atoms with van der Waals surface area (Å²) in [4.78, 5) is 13.5. The molecular formula is C15H23N2O+. The Morgan fingerprint density at radius 2 is 1.83 bits per heavy atom. The van der Waals surface area contributed by atoms with Gasteiger partial charge >= 0.3 is 0 Å². The number of quaternary nitrogens is 1. The van der Waals surface area contributed by atoms with Crippen molar-refractivity contribution in [2.24, 2.45) is 0 Å². The van der Waals surface area contributed by atoms with E-state index in [2.05, 4.69) is 5.32 Å². The van der Waals surface area contributed by atoms with Crippen LogP contribution < -0.4 is 10.2 Å². The number of hydrogen-bond acceptors (Lipinski definition) is 1. The minimum absolute atomic E-state index is 0.0476. The highest BCUT2D eigenvalue weighted by Gasteiger charge is 2.13. The van der Waals surface area contributed by atoms with Gasteiger partial charge in [-0.1, -0.05) is 17.7 Å². The minimum Gasteiger partial charge on any atom is -0.346 e. The standard InChI is InChI=1S/C15H22N2O/c1-13-5-7-14(8-6-13)15(18)16-9-12-17-10-3-2-4-11-17/h5-8H,2-4,9-12H2,1H3,(H,16,18)/p+1. The van der Waals surface area contributed by atoms with Crippen molar-refractivity contribution in [2.75, 3.05) is 26.2 Å². The van der Waals surface area contributed by atoms with Crippen molar-refractivity contribution in [3.05, 3.63) is 35.4 Å². The molecule has 2 N–H and O–H groups in total. The summed E-state index contributed by atoms with van der Waals surface area (Å²) < 4.78 is 0. The van der Waals surface area contributed by atoms with E-state index >= 15 is 0 Å². The number of hydrogen-bond donors (Lipinski definition) is 2. The van der Waals surface area contributed by atoms with Gasteiger partial charge in [-0.15, -0.1) is 0 Å². The zero-order valence-electron chi connectivity index (χ0n) is 11.2. The SMILES string of the molecule is Cc1ccc(C(=O)NCC[NH+]2CCCCC2)cc1. The number of rotatable bonds is 4. The van der Waals surface area contributed by atoms with Gasteiger partial charge in [0.25, 0.3) is 5.91 Å². The second-order valence-electron chi connectivity index (χ2n) is 5.18. The quantitative estimate of drug-likeness (QED) is 0.810. The normalized spacial score (nSPS) is 16.5. The molecule has 0 spiro atoms. The van der Waals surface area contributed by atoms with E-state index in [0.717, 1.165) is 18.7 Å². The summed E-state index contributed by atoms with van der Waals surface area (Å²) in [5.74, 6) is 0.0476. The van der Waals surface area contributed by atoms with Gasteiger partial charge in [-0.25, -0.2) is 0 Å². The Bertz CT molecular complexity index is 380. The van der Waals surface area contributed by atoms with Crippen LogP contribution in [-0.4, -0.2) is 32.1 Å². The maximum atomic E-state index is 11.9. The maximum Gasteiger partial charge on any atom is 0.251 e. The van der Waals surface area contributed by atoms with E-state index in [0.29, 0.717) is 0 Å². The van der Waals surface area contributed by atoms with Gasteiger partial charge in [0.1, 0.15) is 0 Å². The smallest absolute Gasteiger partial charge is 0.251 e. The average Bonchev–Trinajstić information content (AvgIpc) is 2.40. The number of piperidine rings is 1. The molecule has 98 valence electrons. The molecule has 0 aromatic heterocycles. The van der Waals surface area contributed by atoms with Crippen LogP contribution in [0, 0.1) is 6.92 Å². The second-order valence-corrected chi connectivity index (χ2v) is 5.18. The molecule has 0 unspecified atom stereocenters. The molecular weight excluding hydrogens is 224 g/mol. The average molecular weight is 247 g/mol. The predicted octanol–water partition coefficient (Wildman–Crippen LogP) is 0.794. The van der Waals surface area contributed by atoms with Crippen molar-refractivity contribution in [1.82, 2.24) is 5.32 Å². The molecule has 0 bridgehead atoms. The number of amides is 1. The van der Waals surface area contributed by atoms with E-state index in [4.69, 9.17) is 0 Å². The van der Waals surface area contributed by atoms with Crippen molar-refractivity contribution < 1.29 is 9.69 Å². The molecule has 18 heavy (non-hydrogen) atoms. The maximum absolute atomic E-state index is 11.9. The molecule has 1 amide bonds. The zero-order valence-corrected chi connectivity index (χ0v) is 11.2. The Kier molecular flexibility index (Phi) is 4.76. The number of carbonyl (C=O) groups excluding carboxylic acids is 1. The van der Waals surface area contributed by atoms with Gasteiger partial charge in [-0.3, -0.25) is 4.79 Å². The molecule has 1 saturated heterocycles. The molecule has 1 aliphatic heterocycles. The lowest BCUT2D eigenvalue weighted by Gasteiger charge is -2.23. The van der Waals surface area contributed by atoms with Crippen LogP contribution in [0.4, 0.5) is 0 Å². The van der Waals surface area contributed by atoms with Gasteiger partial charge in [0.05, 0.1) is 26.2 Å². The fraction of sp³-hybridized carbons (Fsp3) is 0.533. The van der Waals surface area contributed by atoms with Gasteiger partial charge in [-0.05, 0) is 38.3 Å². The number of benzene rings is 1. The van der Waals surface area contributed by atoms with E-state index in [9.17, 15) is 4.79 Å². The van der Waals surface area contributed by atoms with E-state index < -0.39 is 0 Å².